The molecule has 0 radical (unpaired) electrons. The van der Waals surface area contributed by atoms with Crippen molar-refractivity contribution >= 4 is 5.91 Å². The second-order valence-corrected chi connectivity index (χ2v) is 7.14. The molecule has 134 valence electrons. The summed E-state index contributed by atoms with van der Waals surface area (Å²) in [5.41, 5.74) is 2.34. The van der Waals surface area contributed by atoms with E-state index < -0.39 is 47.2 Å². The van der Waals surface area contributed by atoms with E-state index >= 15 is 0 Å². The molecule has 8 heteroatoms. The Morgan fingerprint density at radius 3 is 2.30 bits per heavy atom. The summed E-state index contributed by atoms with van der Waals surface area (Å²) in [6, 6.07) is 0. The monoisotopic (exact) mass is 336 g/mol. The first kappa shape index (κ1) is 18.5. The largest absolute Gasteiger partial charge is 0.387 e. The van der Waals surface area contributed by atoms with Crippen LogP contribution in [0.1, 0.15) is 34.1 Å². The lowest BCUT2D eigenvalue weighted by molar-refractivity contribution is -0.373. The zero-order chi connectivity index (χ0) is 17.8. The molecule has 0 aromatic heterocycles. The number of ether oxygens (including phenoxy) is 1. The van der Waals surface area contributed by atoms with Crippen LogP contribution in [0.25, 0.3) is 0 Å². The number of carbonyl (C=O) groups is 1. The summed E-state index contributed by atoms with van der Waals surface area (Å²) < 4.78 is 34.7. The molecule has 2 rings (SSSR count). The van der Waals surface area contributed by atoms with Crippen molar-refractivity contribution < 1.29 is 28.5 Å². The summed E-state index contributed by atoms with van der Waals surface area (Å²) in [6.45, 7) is 7.55. The van der Waals surface area contributed by atoms with Gasteiger partial charge in [0, 0.05) is 13.1 Å². The maximum absolute atomic E-state index is 14.7. The Morgan fingerprint density at radius 2 is 1.83 bits per heavy atom. The number of hydrogen-bond donors (Lipinski definition) is 3. The summed E-state index contributed by atoms with van der Waals surface area (Å²) in [5, 5.41) is 19.7. The van der Waals surface area contributed by atoms with Gasteiger partial charge in [-0.1, -0.05) is 13.8 Å². The third-order valence-electron chi connectivity index (χ3n) is 5.20. The summed E-state index contributed by atoms with van der Waals surface area (Å²) >= 11 is 0. The van der Waals surface area contributed by atoms with E-state index in [1.807, 2.05) is 0 Å². The van der Waals surface area contributed by atoms with Crippen molar-refractivity contribution in [3.8, 4) is 0 Å². The highest BCUT2D eigenvalue weighted by molar-refractivity contribution is 5.81. The maximum Gasteiger partial charge on any atom is 0.318 e. The van der Waals surface area contributed by atoms with Gasteiger partial charge in [-0.15, -0.1) is 0 Å². The Balaban J connectivity index is 2.54. The average molecular weight is 336 g/mol. The number of aliphatic hydroxyl groups excluding tert-OH is 2. The second-order valence-electron chi connectivity index (χ2n) is 7.14. The Kier molecular flexibility index (Phi) is 4.52. The van der Waals surface area contributed by atoms with Crippen molar-refractivity contribution in [3.05, 3.63) is 0 Å². The topological polar surface area (TPSA) is 96.0 Å². The molecule has 0 aliphatic carbocycles. The van der Waals surface area contributed by atoms with Gasteiger partial charge in [0.1, 0.15) is 6.10 Å². The number of alkyl halides is 2. The van der Waals surface area contributed by atoms with Crippen LogP contribution in [0.2, 0.25) is 0 Å². The highest BCUT2D eigenvalue weighted by Crippen LogP contribution is 2.55. The van der Waals surface area contributed by atoms with Crippen LogP contribution in [0, 0.1) is 11.3 Å². The number of aliphatic hydroxyl groups is 2. The molecule has 23 heavy (non-hydrogen) atoms. The lowest BCUT2D eigenvalue weighted by Crippen LogP contribution is -2.81. The van der Waals surface area contributed by atoms with Crippen LogP contribution < -0.4 is 5.73 Å². The van der Waals surface area contributed by atoms with Crippen molar-refractivity contribution in [1.29, 1.82) is 0 Å². The van der Waals surface area contributed by atoms with E-state index in [0.717, 1.165) is 0 Å². The molecular weight excluding hydrogens is 310 g/mol. The van der Waals surface area contributed by atoms with E-state index in [1.165, 1.54) is 4.90 Å². The molecule has 2 aliphatic rings. The zero-order valence-electron chi connectivity index (χ0n) is 13.9. The third kappa shape index (κ3) is 2.47. The highest BCUT2D eigenvalue weighted by Gasteiger charge is 2.74. The van der Waals surface area contributed by atoms with Gasteiger partial charge in [-0.2, -0.15) is 8.78 Å². The number of nitrogens with two attached hydrogens (primary N) is 1. The van der Waals surface area contributed by atoms with Gasteiger partial charge in [0.15, 0.2) is 11.8 Å². The molecule has 2 fully saturated rings. The van der Waals surface area contributed by atoms with E-state index in [-0.39, 0.29) is 6.42 Å². The minimum atomic E-state index is -3.95. The molecule has 1 amide bonds. The van der Waals surface area contributed by atoms with Crippen molar-refractivity contribution in [2.75, 3.05) is 13.1 Å². The molecule has 2 saturated heterocycles. The minimum Gasteiger partial charge on any atom is -0.387 e. The fourth-order valence-electron chi connectivity index (χ4n) is 3.92. The molecular formula is C15H26F2N2O4. The van der Waals surface area contributed by atoms with Crippen molar-refractivity contribution in [2.24, 2.45) is 17.1 Å². The van der Waals surface area contributed by atoms with Gasteiger partial charge in [-0.3, -0.25) is 10.5 Å². The van der Waals surface area contributed by atoms with Crippen LogP contribution in [0.3, 0.4) is 0 Å². The molecule has 0 aromatic carbocycles. The maximum atomic E-state index is 14.7. The van der Waals surface area contributed by atoms with Crippen LogP contribution in [0.5, 0.6) is 0 Å². The number of fused-ring (bicyclic) bond motifs is 2. The Hall–Kier alpha value is -0.830. The van der Waals surface area contributed by atoms with E-state index in [9.17, 15) is 23.8 Å². The van der Waals surface area contributed by atoms with Crippen LogP contribution in [-0.2, 0) is 9.53 Å². The third-order valence-corrected chi connectivity index (χ3v) is 5.20. The van der Waals surface area contributed by atoms with E-state index in [1.54, 1.807) is 27.7 Å². The van der Waals surface area contributed by atoms with Crippen LogP contribution in [0.4, 0.5) is 8.78 Å². The standard InChI is InChI=1S/C15H26F2N2O4/c1-5-19(6-2)12(22)10-13(3,4)7-8-9(20)11(21)14(16,17)15(10,18)23-8/h8-11,20-21H,5-7,18H2,1-4H3/t8-,9+,10-,11-,15+/m1/s1. The van der Waals surface area contributed by atoms with Gasteiger partial charge in [0.25, 0.3) is 0 Å². The molecule has 2 aliphatic heterocycles. The predicted octanol–water partition coefficient (Wildman–Crippen LogP) is 0.312. The SMILES string of the molecule is CCN(CC)C(=O)[C@@H]1C(C)(C)C[C@H]2O[C@]1(N)C(F)(F)[C@H](O)[C@H]2O. The van der Waals surface area contributed by atoms with Gasteiger partial charge in [0.05, 0.1) is 12.0 Å². The van der Waals surface area contributed by atoms with Gasteiger partial charge >= 0.3 is 5.92 Å². The van der Waals surface area contributed by atoms with Gasteiger partial charge in [-0.25, -0.2) is 0 Å². The molecule has 0 unspecified atom stereocenters. The lowest BCUT2D eigenvalue weighted by Gasteiger charge is -2.59. The summed E-state index contributed by atoms with van der Waals surface area (Å²) in [4.78, 5) is 14.3. The van der Waals surface area contributed by atoms with Crippen LogP contribution in [-0.4, -0.2) is 64.1 Å². The quantitative estimate of drug-likeness (QED) is 0.689. The van der Waals surface area contributed by atoms with E-state index in [4.69, 9.17) is 10.5 Å². The Morgan fingerprint density at radius 1 is 1.30 bits per heavy atom. The Labute approximate surface area is 134 Å². The summed E-state index contributed by atoms with van der Waals surface area (Å²) in [6.07, 6.45) is -5.00. The second kappa shape index (κ2) is 5.61. The first-order valence-electron chi connectivity index (χ1n) is 7.93. The zero-order valence-corrected chi connectivity index (χ0v) is 13.9. The molecule has 2 heterocycles. The van der Waals surface area contributed by atoms with Crippen molar-refractivity contribution in [2.45, 2.75) is 64.1 Å². The van der Waals surface area contributed by atoms with Crippen LogP contribution in [0.15, 0.2) is 0 Å². The smallest absolute Gasteiger partial charge is 0.318 e. The van der Waals surface area contributed by atoms with Gasteiger partial charge < -0.3 is 19.8 Å². The summed E-state index contributed by atoms with van der Waals surface area (Å²) in [7, 11) is 0. The normalized spacial score (nSPS) is 41.4. The molecule has 5 atom stereocenters. The van der Waals surface area contributed by atoms with Gasteiger partial charge in [-0.05, 0) is 25.7 Å². The minimum absolute atomic E-state index is 0.151. The van der Waals surface area contributed by atoms with Crippen LogP contribution >= 0.6 is 0 Å². The van der Waals surface area contributed by atoms with Crippen molar-refractivity contribution in [1.82, 2.24) is 4.90 Å². The lowest BCUT2D eigenvalue weighted by atomic mass is 9.61. The van der Waals surface area contributed by atoms with E-state index in [0.29, 0.717) is 13.1 Å². The summed E-state index contributed by atoms with van der Waals surface area (Å²) in [5.74, 6) is -5.80. The number of hydrogen-bond acceptors (Lipinski definition) is 5. The first-order chi connectivity index (χ1) is 10.4. The highest BCUT2D eigenvalue weighted by atomic mass is 19.3. The Bertz CT molecular complexity index is 484. The number of nitrogens with zero attached hydrogens (tertiary/aromatic N) is 1. The van der Waals surface area contributed by atoms with Crippen molar-refractivity contribution in [3.63, 3.8) is 0 Å². The number of amides is 1. The average Bonchev–Trinajstić information content (AvgIpc) is 2.43. The molecule has 0 saturated carbocycles. The molecule has 0 spiro atoms. The molecule has 2 bridgehead atoms. The first-order valence-corrected chi connectivity index (χ1v) is 7.93. The predicted molar refractivity (Wildman–Crippen MR) is 78.6 cm³/mol. The number of carbonyl (C=O) groups excluding carboxylic acids is 1. The van der Waals surface area contributed by atoms with Gasteiger partial charge in [0.2, 0.25) is 5.91 Å². The molecule has 0 aromatic rings. The number of rotatable bonds is 3. The van der Waals surface area contributed by atoms with E-state index in [2.05, 4.69) is 0 Å². The number of halogens is 2. The fraction of sp³-hybridized carbons (Fsp3) is 0.933. The molecule has 4 N–H and O–H groups in total. The fourth-order valence-corrected chi connectivity index (χ4v) is 3.92. The molecule has 6 nitrogen and oxygen atoms in total.